The maximum Gasteiger partial charge on any atom is 0.243 e. The molecule has 0 spiro atoms. The molecule has 0 unspecified atom stereocenters. The summed E-state index contributed by atoms with van der Waals surface area (Å²) in [6.07, 6.45) is 0. The van der Waals surface area contributed by atoms with Crippen molar-refractivity contribution in [3.8, 4) is 0 Å². The Labute approximate surface area is 84.7 Å². The van der Waals surface area contributed by atoms with E-state index in [1.54, 1.807) is 4.90 Å². The first-order valence-electron chi connectivity index (χ1n) is 5.04. The Hall–Kier alpha value is -1.06. The van der Waals surface area contributed by atoms with Crippen LogP contribution >= 0.6 is 0 Å². The predicted molar refractivity (Wildman–Crippen MR) is 53.6 cm³/mol. The van der Waals surface area contributed by atoms with E-state index in [2.05, 4.69) is 5.32 Å². The van der Waals surface area contributed by atoms with E-state index >= 15 is 0 Å². The van der Waals surface area contributed by atoms with Gasteiger partial charge in [-0.3, -0.25) is 9.59 Å². The number of hydrogen-bond acceptors (Lipinski definition) is 2. The van der Waals surface area contributed by atoms with Gasteiger partial charge in [-0.2, -0.15) is 0 Å². The Kier molecular flexibility index (Phi) is 3.13. The summed E-state index contributed by atoms with van der Waals surface area (Å²) in [6.45, 7) is 7.93. The third-order valence-electron chi connectivity index (χ3n) is 2.46. The topological polar surface area (TPSA) is 49.4 Å². The van der Waals surface area contributed by atoms with Gasteiger partial charge in [0.2, 0.25) is 11.8 Å². The highest BCUT2D eigenvalue weighted by Gasteiger charge is 2.37. The molecular formula is C10H18N2O2. The molecule has 2 amide bonds. The molecule has 0 aromatic heterocycles. The smallest absolute Gasteiger partial charge is 0.243 e. The van der Waals surface area contributed by atoms with Crippen molar-refractivity contribution in [3.63, 3.8) is 0 Å². The highest BCUT2D eigenvalue weighted by atomic mass is 16.2. The van der Waals surface area contributed by atoms with Crippen LogP contribution in [-0.4, -0.2) is 35.3 Å². The minimum Gasteiger partial charge on any atom is -0.345 e. The monoisotopic (exact) mass is 198 g/mol. The standard InChI is InChI=1S/C10H18N2O2/c1-6(2)9-10(14)11-5-8(13)12(9)7(3)4/h6-7,9H,5H2,1-4H3,(H,11,14)/t9-/m0/s1. The molecule has 1 heterocycles. The molecule has 0 radical (unpaired) electrons. The van der Waals surface area contributed by atoms with Crippen molar-refractivity contribution in [2.24, 2.45) is 5.92 Å². The minimum atomic E-state index is -0.309. The largest absolute Gasteiger partial charge is 0.345 e. The number of nitrogens with one attached hydrogen (secondary N) is 1. The fourth-order valence-electron chi connectivity index (χ4n) is 1.87. The molecule has 4 nitrogen and oxygen atoms in total. The van der Waals surface area contributed by atoms with Gasteiger partial charge in [-0.1, -0.05) is 13.8 Å². The molecule has 80 valence electrons. The summed E-state index contributed by atoms with van der Waals surface area (Å²) >= 11 is 0. The van der Waals surface area contributed by atoms with Crippen LogP contribution in [0.5, 0.6) is 0 Å². The molecule has 1 saturated heterocycles. The highest BCUT2D eigenvalue weighted by molar-refractivity contribution is 5.95. The van der Waals surface area contributed by atoms with Gasteiger partial charge in [0.15, 0.2) is 0 Å². The summed E-state index contributed by atoms with van der Waals surface area (Å²) in [6, 6.07) is -0.225. The third kappa shape index (κ3) is 1.89. The molecule has 0 bridgehead atoms. The fourth-order valence-corrected chi connectivity index (χ4v) is 1.87. The minimum absolute atomic E-state index is 0.0123. The molecule has 0 aromatic carbocycles. The molecule has 0 aliphatic carbocycles. The van der Waals surface area contributed by atoms with Crippen molar-refractivity contribution in [3.05, 3.63) is 0 Å². The summed E-state index contributed by atoms with van der Waals surface area (Å²) in [4.78, 5) is 24.9. The number of carbonyl (C=O) groups excluding carboxylic acids is 2. The van der Waals surface area contributed by atoms with Gasteiger partial charge >= 0.3 is 0 Å². The number of nitrogens with zero attached hydrogens (tertiary/aromatic N) is 1. The van der Waals surface area contributed by atoms with E-state index in [0.717, 1.165) is 0 Å². The lowest BCUT2D eigenvalue weighted by molar-refractivity contribution is -0.149. The third-order valence-corrected chi connectivity index (χ3v) is 2.46. The van der Waals surface area contributed by atoms with E-state index in [9.17, 15) is 9.59 Å². The zero-order valence-electron chi connectivity index (χ0n) is 9.20. The molecule has 4 heteroatoms. The summed E-state index contributed by atoms with van der Waals surface area (Å²) < 4.78 is 0. The number of piperazine rings is 1. The van der Waals surface area contributed by atoms with Crippen molar-refractivity contribution in [2.45, 2.75) is 39.8 Å². The average Bonchev–Trinajstić information content (AvgIpc) is 2.07. The molecule has 1 aliphatic rings. The lowest BCUT2D eigenvalue weighted by atomic mass is 9.98. The van der Waals surface area contributed by atoms with Gasteiger partial charge in [0.1, 0.15) is 6.04 Å². The van der Waals surface area contributed by atoms with Gasteiger partial charge in [0, 0.05) is 6.04 Å². The van der Waals surface area contributed by atoms with Crippen LogP contribution < -0.4 is 5.32 Å². The summed E-state index contributed by atoms with van der Waals surface area (Å²) in [5.74, 6) is 0.133. The first kappa shape index (κ1) is 11.0. The van der Waals surface area contributed by atoms with Gasteiger partial charge in [-0.25, -0.2) is 0 Å². The maximum atomic E-state index is 11.6. The van der Waals surface area contributed by atoms with Crippen molar-refractivity contribution in [2.75, 3.05) is 6.54 Å². The van der Waals surface area contributed by atoms with E-state index < -0.39 is 0 Å². The maximum absolute atomic E-state index is 11.6. The van der Waals surface area contributed by atoms with Gasteiger partial charge in [0.25, 0.3) is 0 Å². The van der Waals surface area contributed by atoms with Gasteiger partial charge in [0.05, 0.1) is 6.54 Å². The Morgan fingerprint density at radius 1 is 1.29 bits per heavy atom. The van der Waals surface area contributed by atoms with E-state index in [1.165, 1.54) is 0 Å². The number of hydrogen-bond donors (Lipinski definition) is 1. The molecule has 1 rings (SSSR count). The predicted octanol–water partition coefficient (Wildman–Crippen LogP) is 0.378. The lowest BCUT2D eigenvalue weighted by Gasteiger charge is -2.39. The van der Waals surface area contributed by atoms with Gasteiger partial charge in [-0.05, 0) is 19.8 Å². The van der Waals surface area contributed by atoms with Crippen LogP contribution in [-0.2, 0) is 9.59 Å². The molecule has 14 heavy (non-hydrogen) atoms. The second kappa shape index (κ2) is 3.98. The Balaban J connectivity index is 2.92. The molecule has 1 fully saturated rings. The zero-order chi connectivity index (χ0) is 10.9. The van der Waals surface area contributed by atoms with Crippen molar-refractivity contribution < 1.29 is 9.59 Å². The van der Waals surface area contributed by atoms with Crippen molar-refractivity contribution in [1.29, 1.82) is 0 Å². The Bertz CT molecular complexity index is 223. The van der Waals surface area contributed by atoms with Crippen molar-refractivity contribution >= 4 is 11.8 Å². The molecular weight excluding hydrogens is 180 g/mol. The number of rotatable bonds is 2. The van der Waals surface area contributed by atoms with Crippen LogP contribution in [0.1, 0.15) is 27.7 Å². The number of amides is 2. The SMILES string of the molecule is CC(C)[C@H]1C(=O)NCC(=O)N1C(C)C. The average molecular weight is 198 g/mol. The van der Waals surface area contributed by atoms with Gasteiger partial charge in [-0.15, -0.1) is 0 Å². The van der Waals surface area contributed by atoms with E-state index in [-0.39, 0.29) is 36.4 Å². The van der Waals surface area contributed by atoms with E-state index in [1.807, 2.05) is 27.7 Å². The van der Waals surface area contributed by atoms with Crippen LogP contribution in [0.15, 0.2) is 0 Å². The first-order valence-corrected chi connectivity index (χ1v) is 5.04. The molecule has 0 aromatic rings. The van der Waals surface area contributed by atoms with Crippen LogP contribution in [0.3, 0.4) is 0 Å². The second-order valence-electron chi connectivity index (χ2n) is 4.30. The van der Waals surface area contributed by atoms with Gasteiger partial charge < -0.3 is 10.2 Å². The fraction of sp³-hybridized carbons (Fsp3) is 0.800. The summed E-state index contributed by atoms with van der Waals surface area (Å²) in [5, 5.41) is 2.62. The zero-order valence-corrected chi connectivity index (χ0v) is 9.20. The van der Waals surface area contributed by atoms with E-state index in [4.69, 9.17) is 0 Å². The van der Waals surface area contributed by atoms with Crippen LogP contribution in [0.4, 0.5) is 0 Å². The molecule has 1 N–H and O–H groups in total. The summed E-state index contributed by atoms with van der Waals surface area (Å²) in [5.41, 5.74) is 0. The van der Waals surface area contributed by atoms with Crippen LogP contribution in [0.25, 0.3) is 0 Å². The van der Waals surface area contributed by atoms with E-state index in [0.29, 0.717) is 0 Å². The quantitative estimate of drug-likeness (QED) is 0.697. The van der Waals surface area contributed by atoms with Crippen LogP contribution in [0, 0.1) is 5.92 Å². The normalized spacial score (nSPS) is 23.3. The summed E-state index contributed by atoms with van der Waals surface area (Å²) in [7, 11) is 0. The number of carbonyl (C=O) groups is 2. The molecule has 1 atom stereocenters. The second-order valence-corrected chi connectivity index (χ2v) is 4.30. The lowest BCUT2D eigenvalue weighted by Crippen LogP contribution is -2.62. The Morgan fingerprint density at radius 2 is 1.86 bits per heavy atom. The highest BCUT2D eigenvalue weighted by Crippen LogP contribution is 2.17. The molecule has 0 saturated carbocycles. The molecule has 1 aliphatic heterocycles. The van der Waals surface area contributed by atoms with Crippen molar-refractivity contribution in [1.82, 2.24) is 10.2 Å². The van der Waals surface area contributed by atoms with Crippen LogP contribution in [0.2, 0.25) is 0 Å². The Morgan fingerprint density at radius 3 is 2.21 bits per heavy atom. The first-order chi connectivity index (χ1) is 6.45.